The van der Waals surface area contributed by atoms with E-state index >= 15 is 0 Å². The fourth-order valence-corrected chi connectivity index (χ4v) is 3.30. The molecule has 0 amide bonds. The summed E-state index contributed by atoms with van der Waals surface area (Å²) in [7, 11) is 3.53. The van der Waals surface area contributed by atoms with E-state index in [1.807, 2.05) is 18.4 Å². The van der Waals surface area contributed by atoms with Crippen LogP contribution in [0.5, 0.6) is 0 Å². The van der Waals surface area contributed by atoms with Gasteiger partial charge in [0.05, 0.1) is 25.9 Å². The van der Waals surface area contributed by atoms with Gasteiger partial charge < -0.3 is 19.7 Å². The van der Waals surface area contributed by atoms with Gasteiger partial charge in [0.1, 0.15) is 0 Å². The maximum Gasteiger partial charge on any atom is 0.194 e. The van der Waals surface area contributed by atoms with Crippen LogP contribution in [0.3, 0.4) is 0 Å². The Balaban J connectivity index is 0.00000242. The number of halogens is 1. The van der Waals surface area contributed by atoms with Crippen molar-refractivity contribution < 1.29 is 9.47 Å². The first-order valence-corrected chi connectivity index (χ1v) is 8.22. The first kappa shape index (κ1) is 19.7. The molecule has 1 atom stereocenters. The van der Waals surface area contributed by atoms with E-state index in [9.17, 15) is 0 Å². The molecule has 1 N–H and O–H groups in total. The number of nitrogens with one attached hydrogen (secondary N) is 1. The summed E-state index contributed by atoms with van der Waals surface area (Å²) in [6, 6.07) is 4.39. The Bertz CT molecular complexity index is 465. The summed E-state index contributed by atoms with van der Waals surface area (Å²) in [6.07, 6.45) is 1.22. The van der Waals surface area contributed by atoms with Crippen molar-refractivity contribution in [1.82, 2.24) is 10.2 Å². The summed E-state index contributed by atoms with van der Waals surface area (Å²) >= 11 is 1.86. The summed E-state index contributed by atoms with van der Waals surface area (Å²) in [6.45, 7) is 6.03. The van der Waals surface area contributed by atoms with Gasteiger partial charge in [0.15, 0.2) is 5.96 Å². The fourth-order valence-electron chi connectivity index (χ4n) is 2.40. The van der Waals surface area contributed by atoms with Crippen LogP contribution in [0.4, 0.5) is 0 Å². The lowest BCUT2D eigenvalue weighted by Gasteiger charge is -2.34. The number of nitrogens with zero attached hydrogens (tertiary/aromatic N) is 2. The highest BCUT2D eigenvalue weighted by Crippen LogP contribution is 2.16. The Labute approximate surface area is 154 Å². The molecular formula is C15H26IN3O2S. The van der Waals surface area contributed by atoms with Gasteiger partial charge in [0, 0.05) is 37.0 Å². The summed E-state index contributed by atoms with van der Waals surface area (Å²) in [4.78, 5) is 9.39. The average molecular weight is 439 g/mol. The number of thiophene rings is 1. The molecule has 1 aromatic heterocycles. The first-order valence-electron chi connectivity index (χ1n) is 7.40. The summed E-state index contributed by atoms with van der Waals surface area (Å²) in [5, 5.41) is 3.45. The van der Waals surface area contributed by atoms with E-state index in [0.717, 1.165) is 32.0 Å². The van der Waals surface area contributed by atoms with Crippen LogP contribution in [0.25, 0.3) is 0 Å². The van der Waals surface area contributed by atoms with Gasteiger partial charge in [-0.1, -0.05) is 6.92 Å². The molecule has 0 spiro atoms. The van der Waals surface area contributed by atoms with Gasteiger partial charge in [-0.2, -0.15) is 0 Å². The minimum absolute atomic E-state index is 0. The highest BCUT2D eigenvalue weighted by atomic mass is 127. The van der Waals surface area contributed by atoms with Crippen molar-refractivity contribution in [1.29, 1.82) is 0 Å². The van der Waals surface area contributed by atoms with Crippen molar-refractivity contribution in [3.8, 4) is 0 Å². The van der Waals surface area contributed by atoms with E-state index in [2.05, 4.69) is 34.3 Å². The number of morpholine rings is 1. The minimum Gasteiger partial charge on any atom is -0.382 e. The molecule has 2 rings (SSSR count). The Morgan fingerprint density at radius 2 is 2.27 bits per heavy atom. The third kappa shape index (κ3) is 5.68. The molecule has 1 aliphatic heterocycles. The highest BCUT2D eigenvalue weighted by molar-refractivity contribution is 14.0. The summed E-state index contributed by atoms with van der Waals surface area (Å²) < 4.78 is 10.9. The van der Waals surface area contributed by atoms with Gasteiger partial charge in [-0.3, -0.25) is 4.99 Å². The van der Waals surface area contributed by atoms with Gasteiger partial charge in [0.25, 0.3) is 0 Å². The van der Waals surface area contributed by atoms with Crippen LogP contribution in [0, 0.1) is 0 Å². The molecule has 1 fully saturated rings. The lowest BCUT2D eigenvalue weighted by Crippen LogP contribution is -2.51. The Kier molecular flexibility index (Phi) is 9.30. The molecule has 1 aliphatic rings. The number of guanidine groups is 1. The molecule has 5 nitrogen and oxygen atoms in total. The number of ether oxygens (including phenoxy) is 2. The third-order valence-corrected chi connectivity index (χ3v) is 4.72. The Morgan fingerprint density at radius 1 is 1.50 bits per heavy atom. The standard InChI is InChI=1S/C15H25N3O2S.HI/c1-4-13-5-6-14(21-13)9-17-15(16-2)18-7-8-20-12(10-18)11-19-3;/h5-6,12H,4,7-11H2,1-3H3,(H,16,17);1H. The lowest BCUT2D eigenvalue weighted by atomic mass is 10.3. The number of hydrogen-bond donors (Lipinski definition) is 1. The zero-order chi connectivity index (χ0) is 15.1. The van der Waals surface area contributed by atoms with Crippen LogP contribution in [0.15, 0.2) is 17.1 Å². The predicted molar refractivity (Wildman–Crippen MR) is 102 cm³/mol. The van der Waals surface area contributed by atoms with E-state index in [0.29, 0.717) is 13.2 Å². The molecule has 22 heavy (non-hydrogen) atoms. The monoisotopic (exact) mass is 439 g/mol. The number of methoxy groups -OCH3 is 1. The molecule has 0 bridgehead atoms. The number of aryl methyl sites for hydroxylation is 1. The number of aliphatic imine (C=N–C) groups is 1. The predicted octanol–water partition coefficient (Wildman–Crippen LogP) is 2.35. The summed E-state index contributed by atoms with van der Waals surface area (Å²) in [5.74, 6) is 0.936. The zero-order valence-electron chi connectivity index (χ0n) is 13.5. The van der Waals surface area contributed by atoms with Crippen molar-refractivity contribution in [2.45, 2.75) is 26.0 Å². The molecule has 0 radical (unpaired) electrons. The van der Waals surface area contributed by atoms with E-state index in [1.165, 1.54) is 9.75 Å². The SMILES string of the molecule is CCc1ccc(CNC(=NC)N2CCOC(COC)C2)s1.I. The molecule has 1 saturated heterocycles. The second-order valence-electron chi connectivity index (χ2n) is 5.02. The van der Waals surface area contributed by atoms with Crippen LogP contribution in [-0.4, -0.2) is 57.4 Å². The van der Waals surface area contributed by atoms with Gasteiger partial charge in [-0.15, -0.1) is 35.3 Å². The molecule has 0 saturated carbocycles. The van der Waals surface area contributed by atoms with E-state index in [1.54, 1.807) is 7.11 Å². The molecule has 2 heterocycles. The zero-order valence-corrected chi connectivity index (χ0v) is 16.6. The van der Waals surface area contributed by atoms with Crippen LogP contribution in [0.1, 0.15) is 16.7 Å². The van der Waals surface area contributed by atoms with Crippen LogP contribution >= 0.6 is 35.3 Å². The van der Waals surface area contributed by atoms with Crippen molar-refractivity contribution in [3.63, 3.8) is 0 Å². The third-order valence-electron chi connectivity index (χ3n) is 3.49. The van der Waals surface area contributed by atoms with Crippen molar-refractivity contribution in [2.24, 2.45) is 4.99 Å². The molecule has 0 aromatic carbocycles. The van der Waals surface area contributed by atoms with Gasteiger partial charge in [0.2, 0.25) is 0 Å². The fraction of sp³-hybridized carbons (Fsp3) is 0.667. The van der Waals surface area contributed by atoms with Crippen molar-refractivity contribution >= 4 is 41.3 Å². The van der Waals surface area contributed by atoms with Gasteiger partial charge in [-0.25, -0.2) is 0 Å². The molecule has 1 unspecified atom stereocenters. The maximum atomic E-state index is 5.68. The quantitative estimate of drug-likeness (QED) is 0.435. The molecule has 0 aliphatic carbocycles. The average Bonchev–Trinajstić information content (AvgIpc) is 2.97. The first-order chi connectivity index (χ1) is 10.3. The van der Waals surface area contributed by atoms with Crippen LogP contribution in [-0.2, 0) is 22.4 Å². The number of rotatable bonds is 5. The van der Waals surface area contributed by atoms with Crippen molar-refractivity contribution in [2.75, 3.05) is 40.5 Å². The normalized spacial score (nSPS) is 19.0. The van der Waals surface area contributed by atoms with E-state index < -0.39 is 0 Å². The van der Waals surface area contributed by atoms with Crippen LogP contribution in [0.2, 0.25) is 0 Å². The van der Waals surface area contributed by atoms with Gasteiger partial charge in [-0.05, 0) is 18.6 Å². The molecule has 126 valence electrons. The molecular weight excluding hydrogens is 413 g/mol. The Morgan fingerprint density at radius 3 is 2.91 bits per heavy atom. The maximum absolute atomic E-state index is 5.68. The van der Waals surface area contributed by atoms with Crippen LogP contribution < -0.4 is 5.32 Å². The minimum atomic E-state index is 0. The Hall–Kier alpha value is -0.380. The molecule has 7 heteroatoms. The number of hydrogen-bond acceptors (Lipinski definition) is 4. The smallest absolute Gasteiger partial charge is 0.194 e. The molecule has 1 aromatic rings. The lowest BCUT2D eigenvalue weighted by molar-refractivity contribution is -0.0447. The second-order valence-corrected chi connectivity index (χ2v) is 6.27. The highest BCUT2D eigenvalue weighted by Gasteiger charge is 2.22. The van der Waals surface area contributed by atoms with Crippen molar-refractivity contribution in [3.05, 3.63) is 21.9 Å². The van der Waals surface area contributed by atoms with E-state index in [4.69, 9.17) is 9.47 Å². The second kappa shape index (κ2) is 10.4. The largest absolute Gasteiger partial charge is 0.382 e. The summed E-state index contributed by atoms with van der Waals surface area (Å²) in [5.41, 5.74) is 0. The van der Waals surface area contributed by atoms with Gasteiger partial charge >= 0.3 is 0 Å². The van der Waals surface area contributed by atoms with E-state index in [-0.39, 0.29) is 30.1 Å². The topological polar surface area (TPSA) is 46.1 Å².